The molecule has 0 spiro atoms. The fraction of sp³-hybridized carbons (Fsp3) is 0.115. The van der Waals surface area contributed by atoms with Gasteiger partial charge in [-0.3, -0.25) is 9.35 Å². The normalized spacial score (nSPS) is 11.4. The number of methoxy groups -OCH3 is 1. The Bertz CT molecular complexity index is 1710. The largest absolute Gasteiger partial charge is 1.00 e. The van der Waals surface area contributed by atoms with Gasteiger partial charge in [0.25, 0.3) is 16.0 Å². The predicted octanol–water partition coefficient (Wildman–Crippen LogP) is 3.71. The van der Waals surface area contributed by atoms with E-state index >= 15 is 0 Å². The van der Waals surface area contributed by atoms with Crippen LogP contribution in [-0.4, -0.2) is 26.0 Å². The first-order valence-electron chi connectivity index (χ1n) is 11.1. The molecule has 0 aromatic heterocycles. The molecule has 0 saturated heterocycles. The maximum Gasteiger partial charge on any atom is 1.00 e. The number of nitrogens with one attached hydrogen (secondary N) is 1. The zero-order valence-corrected chi connectivity index (χ0v) is 25.4. The number of fused-ring (bicyclic) bond motifs is 1. The summed E-state index contributed by atoms with van der Waals surface area (Å²) in [6.07, 6.45) is 0.367. The molecule has 9 nitrogen and oxygen atoms in total. The number of nitrogens with zero attached hydrogens (tertiary/aromatic N) is 2. The minimum Gasteiger partial charge on any atom is -0.870 e. The van der Waals surface area contributed by atoms with Crippen LogP contribution in [0.5, 0.6) is 11.5 Å². The first-order chi connectivity index (χ1) is 18.0. The van der Waals surface area contributed by atoms with Crippen LogP contribution in [0.3, 0.4) is 0 Å². The summed E-state index contributed by atoms with van der Waals surface area (Å²) in [5.41, 5.74) is 0.336. The van der Waals surface area contributed by atoms with Gasteiger partial charge in [-0.1, -0.05) is 66.2 Å². The van der Waals surface area contributed by atoms with Crippen LogP contribution in [0.1, 0.15) is 22.8 Å². The molecule has 0 fully saturated rings. The van der Waals surface area contributed by atoms with Crippen molar-refractivity contribution in [3.8, 4) is 11.5 Å². The zero-order chi connectivity index (χ0) is 27.6. The molecule has 0 aliphatic carbocycles. The number of rotatable bonds is 7. The third-order valence-electron chi connectivity index (χ3n) is 5.71. The van der Waals surface area contributed by atoms with Crippen LogP contribution in [-0.2, 0) is 16.5 Å². The van der Waals surface area contributed by atoms with Gasteiger partial charge in [-0.15, -0.1) is 0 Å². The van der Waals surface area contributed by atoms with E-state index in [2.05, 4.69) is 15.5 Å². The van der Waals surface area contributed by atoms with Crippen molar-refractivity contribution in [2.45, 2.75) is 18.2 Å². The number of amides is 1. The van der Waals surface area contributed by atoms with Gasteiger partial charge >= 0.3 is 29.6 Å². The molecule has 4 aromatic rings. The first-order valence-corrected chi connectivity index (χ1v) is 13.3. The number of carbonyl (C=O) groups excluding carboxylic acids is 1. The molecule has 4 aromatic carbocycles. The van der Waals surface area contributed by atoms with Crippen LogP contribution in [0.4, 0.5) is 17.1 Å². The second-order valence-corrected chi connectivity index (χ2v) is 10.3. The maximum absolute atomic E-state index is 13.5. The fourth-order valence-corrected chi connectivity index (χ4v) is 5.00. The molecule has 0 heterocycles. The van der Waals surface area contributed by atoms with Gasteiger partial charge in [0.2, 0.25) is 0 Å². The molecule has 2 N–H and O–H groups in total. The van der Waals surface area contributed by atoms with Crippen molar-refractivity contribution >= 4 is 67.1 Å². The Morgan fingerprint density at radius 2 is 1.77 bits per heavy atom. The number of anilines is 1. The van der Waals surface area contributed by atoms with E-state index in [1.165, 1.54) is 13.2 Å². The van der Waals surface area contributed by atoms with Crippen molar-refractivity contribution < 1.29 is 57.2 Å². The van der Waals surface area contributed by atoms with Crippen molar-refractivity contribution in [2.24, 2.45) is 10.2 Å². The van der Waals surface area contributed by atoms with Gasteiger partial charge in [0, 0.05) is 16.0 Å². The summed E-state index contributed by atoms with van der Waals surface area (Å²) < 4.78 is 38.1. The van der Waals surface area contributed by atoms with Crippen molar-refractivity contribution in [2.75, 3.05) is 12.4 Å². The van der Waals surface area contributed by atoms with Gasteiger partial charge in [0.05, 0.1) is 28.4 Å². The molecule has 0 aliphatic heterocycles. The minimum atomic E-state index is -4.58. The quantitative estimate of drug-likeness (QED) is 0.189. The molecular formula is C26H20Cl2N3NaO6S. The molecule has 0 radical (unpaired) electrons. The summed E-state index contributed by atoms with van der Waals surface area (Å²) >= 11 is 12.4. The standard InChI is InChI=1S/C26H21Cl2N3O6S.Na/c1-3-16-20(28)12-15(38(34,35)36)13-21(16)30-31-23-17-8-5-4-7-14(17)11-18(25(23)32)26(33)29-24-19(27)9-6-10-22(24)37-2;/h4-13,32H,3H2,1-2H3,(H,29,33)(H,34,35,36);/q;+1/p-1. The van der Waals surface area contributed by atoms with E-state index in [1.807, 2.05) is 0 Å². The SMILES string of the molecule is CCc1c(Cl)cc(S(=O)(=O)O)cc1N=Nc1c([O-])c(C(=O)Nc2c(Cl)cccc2OC)cc2ccccc12.[Na+]. The van der Waals surface area contributed by atoms with Crippen LogP contribution in [0.25, 0.3) is 10.8 Å². The predicted molar refractivity (Wildman–Crippen MR) is 144 cm³/mol. The Hall–Kier alpha value is -2.70. The number of azo groups is 1. The topological polar surface area (TPSA) is 140 Å². The molecule has 196 valence electrons. The van der Waals surface area contributed by atoms with E-state index in [0.29, 0.717) is 28.5 Å². The summed E-state index contributed by atoms with van der Waals surface area (Å²) in [5.74, 6) is -1.15. The molecule has 4 rings (SSSR count). The zero-order valence-electron chi connectivity index (χ0n) is 21.0. The van der Waals surface area contributed by atoms with Crippen molar-refractivity contribution in [1.29, 1.82) is 0 Å². The van der Waals surface area contributed by atoms with Crippen LogP contribution in [0, 0.1) is 0 Å². The van der Waals surface area contributed by atoms with E-state index in [0.717, 1.165) is 12.1 Å². The van der Waals surface area contributed by atoms with Gasteiger partial charge in [0.15, 0.2) is 0 Å². The average molecular weight is 596 g/mol. The number of hydrogen-bond donors (Lipinski definition) is 2. The summed E-state index contributed by atoms with van der Waals surface area (Å²) in [5, 5.41) is 25.6. The van der Waals surface area contributed by atoms with Crippen LogP contribution >= 0.6 is 23.2 Å². The first kappa shape index (κ1) is 30.8. The fourth-order valence-electron chi connectivity index (χ4n) is 3.84. The van der Waals surface area contributed by atoms with E-state index in [-0.39, 0.29) is 62.2 Å². The van der Waals surface area contributed by atoms with Crippen molar-refractivity contribution in [3.63, 3.8) is 0 Å². The van der Waals surface area contributed by atoms with Crippen molar-refractivity contribution in [1.82, 2.24) is 0 Å². The van der Waals surface area contributed by atoms with Crippen LogP contribution in [0.2, 0.25) is 10.0 Å². The smallest absolute Gasteiger partial charge is 0.870 e. The number of benzene rings is 4. The Kier molecular flexibility index (Phi) is 10.0. The molecule has 0 bridgehead atoms. The van der Waals surface area contributed by atoms with E-state index in [4.69, 9.17) is 27.9 Å². The van der Waals surface area contributed by atoms with E-state index < -0.39 is 26.7 Å². The Labute approximate surface area is 256 Å². The second-order valence-electron chi connectivity index (χ2n) is 8.03. The average Bonchev–Trinajstić information content (AvgIpc) is 2.88. The Morgan fingerprint density at radius 1 is 1.05 bits per heavy atom. The van der Waals surface area contributed by atoms with Gasteiger partial charge in [-0.2, -0.15) is 18.6 Å². The molecule has 13 heteroatoms. The second kappa shape index (κ2) is 12.6. The Balaban J connectivity index is 0.00000420. The minimum absolute atomic E-state index is 0. The van der Waals surface area contributed by atoms with Gasteiger partial charge < -0.3 is 15.2 Å². The van der Waals surface area contributed by atoms with E-state index in [9.17, 15) is 22.9 Å². The number of ether oxygens (including phenoxy) is 1. The summed E-state index contributed by atoms with van der Waals surface area (Å²) in [7, 11) is -3.16. The van der Waals surface area contributed by atoms with Gasteiger partial charge in [-0.05, 0) is 47.7 Å². The van der Waals surface area contributed by atoms with Crippen LogP contribution in [0.15, 0.2) is 75.8 Å². The molecule has 0 atom stereocenters. The number of para-hydroxylation sites is 1. The molecule has 0 unspecified atom stereocenters. The van der Waals surface area contributed by atoms with Gasteiger partial charge in [0.1, 0.15) is 11.4 Å². The molecule has 0 aliphatic rings. The third-order valence-corrected chi connectivity index (χ3v) is 7.19. The number of halogens is 2. The monoisotopic (exact) mass is 595 g/mol. The number of carbonyl (C=O) groups is 1. The Morgan fingerprint density at radius 3 is 2.44 bits per heavy atom. The number of hydrogen-bond acceptors (Lipinski definition) is 7. The molecule has 1 amide bonds. The van der Waals surface area contributed by atoms with Gasteiger partial charge in [-0.25, -0.2) is 0 Å². The van der Waals surface area contributed by atoms with Crippen LogP contribution < -0.4 is 44.7 Å². The molecule has 39 heavy (non-hydrogen) atoms. The van der Waals surface area contributed by atoms with Crippen molar-refractivity contribution in [3.05, 3.63) is 81.8 Å². The summed E-state index contributed by atoms with van der Waals surface area (Å²) in [6.45, 7) is 1.77. The molecule has 0 saturated carbocycles. The third kappa shape index (κ3) is 6.55. The molecular weight excluding hydrogens is 576 g/mol. The summed E-state index contributed by atoms with van der Waals surface area (Å²) in [6, 6.07) is 15.2. The summed E-state index contributed by atoms with van der Waals surface area (Å²) in [4.78, 5) is 12.7. The maximum atomic E-state index is 13.5. The van der Waals surface area contributed by atoms with E-state index in [1.54, 1.807) is 49.4 Å².